The van der Waals surface area contributed by atoms with Crippen LogP contribution in [0.1, 0.15) is 32.0 Å². The summed E-state index contributed by atoms with van der Waals surface area (Å²) in [6.45, 7) is 8.44. The molecule has 24 heavy (non-hydrogen) atoms. The Kier molecular flexibility index (Phi) is 5.17. The second kappa shape index (κ2) is 7.16. The maximum atomic E-state index is 12.7. The number of carbonyl (C=O) groups is 1. The van der Waals surface area contributed by atoms with Crippen molar-refractivity contribution in [3.63, 3.8) is 0 Å². The zero-order valence-corrected chi connectivity index (χ0v) is 14.5. The molecule has 0 bridgehead atoms. The molecule has 2 saturated heterocycles. The number of ether oxygens (including phenoxy) is 1. The summed E-state index contributed by atoms with van der Waals surface area (Å²) in [4.78, 5) is 16.6. The summed E-state index contributed by atoms with van der Waals surface area (Å²) in [5, 5.41) is 18.3. The molecule has 1 amide bonds. The third kappa shape index (κ3) is 3.45. The van der Waals surface area contributed by atoms with Crippen molar-refractivity contribution in [2.75, 3.05) is 26.2 Å². The molecular formula is C16H26N4O4. The van der Waals surface area contributed by atoms with E-state index >= 15 is 0 Å². The maximum absolute atomic E-state index is 12.7. The van der Waals surface area contributed by atoms with Crippen molar-refractivity contribution in [1.82, 2.24) is 20.0 Å². The van der Waals surface area contributed by atoms with Crippen LogP contribution < -0.4 is 0 Å². The van der Waals surface area contributed by atoms with Gasteiger partial charge < -0.3 is 19.2 Å². The number of likely N-dealkylation sites (tertiary alicyclic amines) is 1. The predicted octanol–water partition coefficient (Wildman–Crippen LogP) is 0.197. The first-order valence-corrected chi connectivity index (χ1v) is 8.61. The van der Waals surface area contributed by atoms with Gasteiger partial charge >= 0.3 is 0 Å². The molecule has 4 atom stereocenters. The van der Waals surface area contributed by atoms with Crippen LogP contribution in [0.5, 0.6) is 0 Å². The van der Waals surface area contributed by atoms with Crippen molar-refractivity contribution in [2.45, 2.75) is 52.0 Å². The average Bonchev–Trinajstić information content (AvgIpc) is 3.25. The molecule has 3 rings (SSSR count). The molecule has 0 radical (unpaired) electrons. The van der Waals surface area contributed by atoms with Gasteiger partial charge in [0.15, 0.2) is 0 Å². The predicted molar refractivity (Wildman–Crippen MR) is 85.0 cm³/mol. The van der Waals surface area contributed by atoms with E-state index in [1.54, 1.807) is 11.8 Å². The van der Waals surface area contributed by atoms with E-state index in [9.17, 15) is 9.90 Å². The monoisotopic (exact) mass is 338 g/mol. The number of aliphatic hydroxyl groups is 1. The molecule has 1 N–H and O–H groups in total. The standard InChI is InChI=1S/C16H26N4O4/c1-4-19(9-15-18-17-11(3)24-15)13-7-20(8-14(13)21)16(22)12-5-6-23-10(12)2/h10,12-14,21H,4-9H2,1-3H3/t10-,12+,13-,14-/m1/s1. The van der Waals surface area contributed by atoms with Crippen molar-refractivity contribution >= 4 is 5.91 Å². The highest BCUT2D eigenvalue weighted by Crippen LogP contribution is 2.26. The molecule has 8 nitrogen and oxygen atoms in total. The molecule has 0 aliphatic carbocycles. The van der Waals surface area contributed by atoms with Gasteiger partial charge in [-0.25, -0.2) is 0 Å². The minimum Gasteiger partial charge on any atom is -0.424 e. The lowest BCUT2D eigenvalue weighted by molar-refractivity contribution is -0.136. The Bertz CT molecular complexity index is 578. The van der Waals surface area contributed by atoms with Crippen LogP contribution in [-0.2, 0) is 16.1 Å². The average molecular weight is 338 g/mol. The Labute approximate surface area is 141 Å². The first-order chi connectivity index (χ1) is 11.5. The molecule has 0 unspecified atom stereocenters. The molecule has 2 aliphatic heterocycles. The SMILES string of the molecule is CCN(Cc1nnc(C)o1)[C@@H]1CN(C(=O)[C@H]2CCO[C@@H]2C)C[C@H]1O. The van der Waals surface area contributed by atoms with E-state index in [0.29, 0.717) is 38.0 Å². The van der Waals surface area contributed by atoms with Gasteiger partial charge in [-0.05, 0) is 19.9 Å². The van der Waals surface area contributed by atoms with Gasteiger partial charge in [-0.3, -0.25) is 9.69 Å². The lowest BCUT2D eigenvalue weighted by Crippen LogP contribution is -2.43. The summed E-state index contributed by atoms with van der Waals surface area (Å²) in [7, 11) is 0. The molecule has 1 aromatic rings. The number of aliphatic hydroxyl groups excluding tert-OH is 1. The fourth-order valence-corrected chi connectivity index (χ4v) is 3.64. The maximum Gasteiger partial charge on any atom is 0.230 e. The van der Waals surface area contributed by atoms with Crippen molar-refractivity contribution in [2.24, 2.45) is 5.92 Å². The molecule has 1 aromatic heterocycles. The Balaban J connectivity index is 1.64. The molecule has 0 saturated carbocycles. The van der Waals surface area contributed by atoms with Crippen molar-refractivity contribution in [1.29, 1.82) is 0 Å². The van der Waals surface area contributed by atoms with E-state index in [0.717, 1.165) is 13.0 Å². The van der Waals surface area contributed by atoms with E-state index in [1.165, 1.54) is 0 Å². The lowest BCUT2D eigenvalue weighted by Gasteiger charge is -2.28. The molecule has 2 aliphatic rings. The lowest BCUT2D eigenvalue weighted by atomic mass is 10.0. The quantitative estimate of drug-likeness (QED) is 0.820. The molecule has 3 heterocycles. The highest BCUT2D eigenvalue weighted by Gasteiger charge is 2.41. The van der Waals surface area contributed by atoms with Crippen molar-refractivity contribution in [3.8, 4) is 0 Å². The molecular weight excluding hydrogens is 312 g/mol. The second-order valence-electron chi connectivity index (χ2n) is 6.63. The van der Waals surface area contributed by atoms with Crippen LogP contribution in [-0.4, -0.2) is 75.5 Å². The van der Waals surface area contributed by atoms with Gasteiger partial charge in [0.05, 0.1) is 30.7 Å². The zero-order chi connectivity index (χ0) is 17.3. The van der Waals surface area contributed by atoms with Crippen LogP contribution in [0.2, 0.25) is 0 Å². The van der Waals surface area contributed by atoms with Crippen LogP contribution in [0.3, 0.4) is 0 Å². The summed E-state index contributed by atoms with van der Waals surface area (Å²) in [5.41, 5.74) is 0. The van der Waals surface area contributed by atoms with Gasteiger partial charge in [-0.15, -0.1) is 10.2 Å². The third-order valence-corrected chi connectivity index (χ3v) is 5.05. The number of carbonyl (C=O) groups excluding carboxylic acids is 1. The number of hydrogen-bond donors (Lipinski definition) is 1. The normalized spacial score (nSPS) is 30.5. The van der Waals surface area contributed by atoms with Gasteiger partial charge in [0.25, 0.3) is 0 Å². The second-order valence-corrected chi connectivity index (χ2v) is 6.63. The zero-order valence-electron chi connectivity index (χ0n) is 14.5. The van der Waals surface area contributed by atoms with Crippen LogP contribution >= 0.6 is 0 Å². The Hall–Kier alpha value is -1.51. The number of nitrogens with zero attached hydrogens (tertiary/aromatic N) is 4. The summed E-state index contributed by atoms with van der Waals surface area (Å²) in [6, 6.07) is -0.121. The van der Waals surface area contributed by atoms with E-state index in [1.807, 2.05) is 13.8 Å². The minimum atomic E-state index is -0.574. The Morgan fingerprint density at radius 1 is 1.42 bits per heavy atom. The van der Waals surface area contributed by atoms with Crippen molar-refractivity contribution in [3.05, 3.63) is 11.8 Å². The van der Waals surface area contributed by atoms with Gasteiger partial charge in [-0.2, -0.15) is 0 Å². The molecule has 2 fully saturated rings. The minimum absolute atomic E-state index is 0.0441. The van der Waals surface area contributed by atoms with E-state index in [-0.39, 0.29) is 24.0 Å². The number of rotatable bonds is 5. The topological polar surface area (TPSA) is 91.9 Å². The van der Waals surface area contributed by atoms with E-state index < -0.39 is 6.10 Å². The number of aryl methyl sites for hydroxylation is 1. The van der Waals surface area contributed by atoms with Crippen LogP contribution in [0.4, 0.5) is 0 Å². The van der Waals surface area contributed by atoms with Gasteiger partial charge in [0.2, 0.25) is 17.7 Å². The largest absolute Gasteiger partial charge is 0.424 e. The highest BCUT2D eigenvalue weighted by molar-refractivity contribution is 5.80. The van der Waals surface area contributed by atoms with Crippen molar-refractivity contribution < 1.29 is 19.1 Å². The summed E-state index contributed by atoms with van der Waals surface area (Å²) in [6.07, 6.45) is 0.142. The molecule has 0 aromatic carbocycles. The fraction of sp³-hybridized carbons (Fsp3) is 0.812. The van der Waals surface area contributed by atoms with E-state index in [4.69, 9.17) is 9.15 Å². The fourth-order valence-electron chi connectivity index (χ4n) is 3.64. The van der Waals surface area contributed by atoms with Gasteiger partial charge in [-0.1, -0.05) is 6.92 Å². The number of likely N-dealkylation sites (N-methyl/N-ethyl adjacent to an activating group) is 1. The highest BCUT2D eigenvalue weighted by atomic mass is 16.5. The van der Waals surface area contributed by atoms with E-state index in [2.05, 4.69) is 15.1 Å². The van der Waals surface area contributed by atoms with Gasteiger partial charge in [0, 0.05) is 26.6 Å². The first kappa shape index (κ1) is 17.3. The Morgan fingerprint density at radius 2 is 2.21 bits per heavy atom. The van der Waals surface area contributed by atoms with Crippen LogP contribution in [0, 0.1) is 12.8 Å². The third-order valence-electron chi connectivity index (χ3n) is 5.05. The smallest absolute Gasteiger partial charge is 0.230 e. The molecule has 134 valence electrons. The molecule has 8 heteroatoms. The van der Waals surface area contributed by atoms with Gasteiger partial charge in [0.1, 0.15) is 0 Å². The number of amides is 1. The number of β-amino-alcohol motifs (C(OH)–C–C–N with tert-alkyl or cyclic N) is 1. The van der Waals surface area contributed by atoms with Crippen LogP contribution in [0.15, 0.2) is 4.42 Å². The molecule has 0 spiro atoms. The van der Waals surface area contributed by atoms with Crippen LogP contribution in [0.25, 0.3) is 0 Å². The summed E-state index contributed by atoms with van der Waals surface area (Å²) < 4.78 is 10.9. The number of hydrogen-bond acceptors (Lipinski definition) is 7. The Morgan fingerprint density at radius 3 is 2.79 bits per heavy atom. The number of aromatic nitrogens is 2. The summed E-state index contributed by atoms with van der Waals surface area (Å²) in [5.74, 6) is 1.06. The first-order valence-electron chi connectivity index (χ1n) is 8.61. The summed E-state index contributed by atoms with van der Waals surface area (Å²) >= 11 is 0.